The molecule has 0 radical (unpaired) electrons. The minimum Gasteiger partial charge on any atom is -0.359 e. The average Bonchev–Trinajstić information content (AvgIpc) is 2.83. The van der Waals surface area contributed by atoms with Crippen LogP contribution < -0.4 is 5.32 Å². The first kappa shape index (κ1) is 13.3. The Bertz CT molecular complexity index is 520. The molecule has 1 amide bonds. The van der Waals surface area contributed by atoms with Gasteiger partial charge in [-0.2, -0.15) is 0 Å². The fourth-order valence-corrected chi connectivity index (χ4v) is 1.87. The third-order valence-electron chi connectivity index (χ3n) is 2.85. The van der Waals surface area contributed by atoms with Crippen molar-refractivity contribution in [2.45, 2.75) is 32.7 Å². The lowest BCUT2D eigenvalue weighted by atomic mass is 10.1. The number of nitrogens with one attached hydrogen (secondary N) is 1. The summed E-state index contributed by atoms with van der Waals surface area (Å²) in [6, 6.07) is 12.0. The van der Waals surface area contributed by atoms with E-state index in [0.717, 1.165) is 18.5 Å². The molecule has 1 aromatic carbocycles. The van der Waals surface area contributed by atoms with Crippen molar-refractivity contribution in [3.8, 4) is 0 Å². The number of hydrogen-bond acceptors (Lipinski definition) is 3. The summed E-state index contributed by atoms with van der Waals surface area (Å²) in [6.45, 7) is 2.26. The van der Waals surface area contributed by atoms with E-state index in [-0.39, 0.29) is 5.91 Å². The van der Waals surface area contributed by atoms with Gasteiger partial charge in [-0.3, -0.25) is 4.79 Å². The number of amides is 1. The van der Waals surface area contributed by atoms with E-state index in [1.54, 1.807) is 0 Å². The Kier molecular flexibility index (Phi) is 4.72. The Morgan fingerprint density at radius 2 is 2.11 bits per heavy atom. The average molecular weight is 258 g/mol. The molecule has 2 rings (SSSR count). The molecule has 100 valence electrons. The van der Waals surface area contributed by atoms with Gasteiger partial charge in [0.15, 0.2) is 5.76 Å². The van der Waals surface area contributed by atoms with Crippen molar-refractivity contribution >= 4 is 5.91 Å². The summed E-state index contributed by atoms with van der Waals surface area (Å²) in [7, 11) is 0. The van der Waals surface area contributed by atoms with Crippen LogP contribution in [-0.2, 0) is 17.8 Å². The van der Waals surface area contributed by atoms with Crippen LogP contribution in [0.25, 0.3) is 0 Å². The van der Waals surface area contributed by atoms with E-state index in [2.05, 4.69) is 22.6 Å². The molecule has 4 nitrogen and oxygen atoms in total. The lowest BCUT2D eigenvalue weighted by Crippen LogP contribution is -2.22. The Morgan fingerprint density at radius 1 is 1.32 bits per heavy atom. The SMILES string of the molecule is Cc1cc(CNC(=O)CCCc2ccccc2)on1. The summed E-state index contributed by atoms with van der Waals surface area (Å²) in [5, 5.41) is 6.60. The van der Waals surface area contributed by atoms with Gasteiger partial charge in [-0.1, -0.05) is 35.5 Å². The molecule has 0 aliphatic carbocycles. The van der Waals surface area contributed by atoms with Crippen molar-refractivity contribution in [1.82, 2.24) is 10.5 Å². The van der Waals surface area contributed by atoms with Gasteiger partial charge in [0.25, 0.3) is 0 Å². The minimum atomic E-state index is 0.0463. The summed E-state index contributed by atoms with van der Waals surface area (Å²) in [6.07, 6.45) is 2.31. The predicted octanol–water partition coefficient (Wildman–Crippen LogP) is 2.62. The fraction of sp³-hybridized carbons (Fsp3) is 0.333. The summed E-state index contributed by atoms with van der Waals surface area (Å²) in [5.74, 6) is 0.735. The monoisotopic (exact) mass is 258 g/mol. The van der Waals surface area contributed by atoms with Crippen molar-refractivity contribution < 1.29 is 9.32 Å². The van der Waals surface area contributed by atoms with Crippen LogP contribution in [0.4, 0.5) is 0 Å². The second kappa shape index (κ2) is 6.73. The van der Waals surface area contributed by atoms with E-state index in [1.165, 1.54) is 5.56 Å². The van der Waals surface area contributed by atoms with Crippen LogP contribution in [0.2, 0.25) is 0 Å². The highest BCUT2D eigenvalue weighted by Crippen LogP contribution is 2.05. The molecule has 0 aliphatic heterocycles. The molecule has 1 N–H and O–H groups in total. The maximum absolute atomic E-state index is 11.6. The lowest BCUT2D eigenvalue weighted by Gasteiger charge is -2.03. The molecule has 0 bridgehead atoms. The van der Waals surface area contributed by atoms with Gasteiger partial charge in [-0.15, -0.1) is 0 Å². The van der Waals surface area contributed by atoms with E-state index in [4.69, 9.17) is 4.52 Å². The van der Waals surface area contributed by atoms with Gasteiger partial charge in [0.05, 0.1) is 12.2 Å². The van der Waals surface area contributed by atoms with Crippen LogP contribution in [0.15, 0.2) is 40.9 Å². The molecular formula is C15H18N2O2. The van der Waals surface area contributed by atoms with Crippen molar-refractivity contribution in [3.63, 3.8) is 0 Å². The zero-order chi connectivity index (χ0) is 13.5. The predicted molar refractivity (Wildman–Crippen MR) is 72.5 cm³/mol. The van der Waals surface area contributed by atoms with Crippen molar-refractivity contribution in [2.75, 3.05) is 0 Å². The zero-order valence-corrected chi connectivity index (χ0v) is 11.1. The molecule has 0 atom stereocenters. The zero-order valence-electron chi connectivity index (χ0n) is 11.1. The highest BCUT2D eigenvalue weighted by molar-refractivity contribution is 5.75. The maximum Gasteiger partial charge on any atom is 0.220 e. The van der Waals surface area contributed by atoms with E-state index in [0.29, 0.717) is 18.7 Å². The van der Waals surface area contributed by atoms with Gasteiger partial charge in [-0.05, 0) is 25.3 Å². The van der Waals surface area contributed by atoms with Gasteiger partial charge < -0.3 is 9.84 Å². The quantitative estimate of drug-likeness (QED) is 0.866. The third-order valence-corrected chi connectivity index (χ3v) is 2.85. The molecule has 0 spiro atoms. The van der Waals surface area contributed by atoms with Crippen molar-refractivity contribution in [2.24, 2.45) is 0 Å². The molecule has 0 fully saturated rings. The Morgan fingerprint density at radius 3 is 2.79 bits per heavy atom. The second-order valence-corrected chi connectivity index (χ2v) is 4.55. The molecule has 0 unspecified atom stereocenters. The summed E-state index contributed by atoms with van der Waals surface area (Å²) in [4.78, 5) is 11.6. The number of nitrogens with zero attached hydrogens (tertiary/aromatic N) is 1. The van der Waals surface area contributed by atoms with Gasteiger partial charge in [0.1, 0.15) is 0 Å². The molecule has 19 heavy (non-hydrogen) atoms. The first-order valence-electron chi connectivity index (χ1n) is 6.47. The van der Waals surface area contributed by atoms with Crippen LogP contribution >= 0.6 is 0 Å². The molecule has 1 heterocycles. The number of hydrogen-bond donors (Lipinski definition) is 1. The highest BCUT2D eigenvalue weighted by atomic mass is 16.5. The molecule has 0 saturated carbocycles. The van der Waals surface area contributed by atoms with E-state index in [9.17, 15) is 4.79 Å². The molecule has 0 aliphatic rings. The summed E-state index contributed by atoms with van der Waals surface area (Å²) < 4.78 is 5.02. The van der Waals surface area contributed by atoms with Crippen molar-refractivity contribution in [1.29, 1.82) is 0 Å². The van der Waals surface area contributed by atoms with Gasteiger partial charge >= 0.3 is 0 Å². The number of aryl methyl sites for hydroxylation is 2. The smallest absolute Gasteiger partial charge is 0.220 e. The fourth-order valence-electron chi connectivity index (χ4n) is 1.87. The van der Waals surface area contributed by atoms with Gasteiger partial charge in [0.2, 0.25) is 5.91 Å². The van der Waals surface area contributed by atoms with Gasteiger partial charge in [0, 0.05) is 12.5 Å². The first-order valence-corrected chi connectivity index (χ1v) is 6.47. The summed E-state index contributed by atoms with van der Waals surface area (Å²) >= 11 is 0. The van der Waals surface area contributed by atoms with E-state index < -0.39 is 0 Å². The Labute approximate surface area is 112 Å². The number of benzene rings is 1. The van der Waals surface area contributed by atoms with Crippen LogP contribution in [-0.4, -0.2) is 11.1 Å². The van der Waals surface area contributed by atoms with E-state index in [1.807, 2.05) is 31.2 Å². The molecule has 1 aromatic heterocycles. The topological polar surface area (TPSA) is 55.1 Å². The molecule has 0 saturated heterocycles. The van der Waals surface area contributed by atoms with Crippen molar-refractivity contribution in [3.05, 3.63) is 53.4 Å². The van der Waals surface area contributed by atoms with Crippen LogP contribution in [0.5, 0.6) is 0 Å². The van der Waals surface area contributed by atoms with E-state index >= 15 is 0 Å². The third kappa shape index (κ3) is 4.58. The Hall–Kier alpha value is -2.10. The molecular weight excluding hydrogens is 240 g/mol. The molecule has 4 heteroatoms. The normalized spacial score (nSPS) is 10.4. The van der Waals surface area contributed by atoms with Crippen LogP contribution in [0.1, 0.15) is 29.9 Å². The summed E-state index contributed by atoms with van der Waals surface area (Å²) in [5.41, 5.74) is 2.09. The van der Waals surface area contributed by atoms with Crippen LogP contribution in [0.3, 0.4) is 0 Å². The van der Waals surface area contributed by atoms with Gasteiger partial charge in [-0.25, -0.2) is 0 Å². The maximum atomic E-state index is 11.6. The largest absolute Gasteiger partial charge is 0.359 e. The molecule has 2 aromatic rings. The highest BCUT2D eigenvalue weighted by Gasteiger charge is 2.04. The van der Waals surface area contributed by atoms with Crippen LogP contribution in [0, 0.1) is 6.92 Å². The number of rotatable bonds is 6. The lowest BCUT2D eigenvalue weighted by molar-refractivity contribution is -0.121. The Balaban J connectivity index is 1.65. The standard InChI is InChI=1S/C15H18N2O2/c1-12-10-14(19-17-12)11-16-15(18)9-5-8-13-6-3-2-4-7-13/h2-4,6-7,10H,5,8-9,11H2,1H3,(H,16,18). The minimum absolute atomic E-state index is 0.0463. The number of carbonyl (C=O) groups excluding carboxylic acids is 1. The second-order valence-electron chi connectivity index (χ2n) is 4.55. The number of aromatic nitrogens is 1. The first-order chi connectivity index (χ1) is 9.24. The number of carbonyl (C=O) groups is 1.